The van der Waals surface area contributed by atoms with Gasteiger partial charge in [-0.2, -0.15) is 0 Å². The maximum Gasteiger partial charge on any atom is 0.273 e. The third kappa shape index (κ3) is 6.16. The SMILES string of the molecule is COc1cccc(CC(=O)NCCn2cc(C(=O)NCc3ccc(C)cc3)nn2)c1. The highest BCUT2D eigenvalue weighted by Gasteiger charge is 2.11. The number of carbonyl (C=O) groups is 2. The lowest BCUT2D eigenvalue weighted by Gasteiger charge is -2.06. The van der Waals surface area contributed by atoms with Crippen LogP contribution in [0.25, 0.3) is 0 Å². The molecular weight excluding hydrogens is 382 g/mol. The van der Waals surface area contributed by atoms with Crippen LogP contribution < -0.4 is 15.4 Å². The number of aromatic nitrogens is 3. The summed E-state index contributed by atoms with van der Waals surface area (Å²) in [4.78, 5) is 24.3. The molecule has 8 heteroatoms. The van der Waals surface area contributed by atoms with Crippen molar-refractivity contribution in [3.05, 3.63) is 77.1 Å². The summed E-state index contributed by atoms with van der Waals surface area (Å²) in [7, 11) is 1.59. The van der Waals surface area contributed by atoms with Gasteiger partial charge in [0.1, 0.15) is 5.75 Å². The lowest BCUT2D eigenvalue weighted by atomic mass is 10.1. The van der Waals surface area contributed by atoms with Crippen LogP contribution in [0.5, 0.6) is 5.75 Å². The molecule has 1 heterocycles. The maximum absolute atomic E-state index is 12.2. The molecule has 156 valence electrons. The Morgan fingerprint density at radius 3 is 2.63 bits per heavy atom. The molecule has 0 spiro atoms. The smallest absolute Gasteiger partial charge is 0.273 e. The topological polar surface area (TPSA) is 98.1 Å². The predicted molar refractivity (Wildman–Crippen MR) is 112 cm³/mol. The number of nitrogens with one attached hydrogen (secondary N) is 2. The van der Waals surface area contributed by atoms with Crippen LogP contribution in [-0.2, 0) is 24.3 Å². The van der Waals surface area contributed by atoms with Gasteiger partial charge in [0.25, 0.3) is 5.91 Å². The van der Waals surface area contributed by atoms with Crippen molar-refractivity contribution in [1.82, 2.24) is 25.6 Å². The zero-order valence-corrected chi connectivity index (χ0v) is 17.1. The first-order valence-corrected chi connectivity index (χ1v) is 9.67. The second-order valence-electron chi connectivity index (χ2n) is 6.91. The quantitative estimate of drug-likeness (QED) is 0.564. The van der Waals surface area contributed by atoms with Gasteiger partial charge in [-0.05, 0) is 30.2 Å². The van der Waals surface area contributed by atoms with Crippen molar-refractivity contribution in [2.45, 2.75) is 26.4 Å². The molecular formula is C22H25N5O3. The van der Waals surface area contributed by atoms with Gasteiger partial charge in [0.05, 0.1) is 26.3 Å². The van der Waals surface area contributed by atoms with E-state index in [9.17, 15) is 9.59 Å². The van der Waals surface area contributed by atoms with E-state index >= 15 is 0 Å². The molecule has 0 saturated heterocycles. The summed E-state index contributed by atoms with van der Waals surface area (Å²) in [5, 5.41) is 13.5. The molecule has 30 heavy (non-hydrogen) atoms. The molecule has 0 bridgehead atoms. The van der Waals surface area contributed by atoms with Gasteiger partial charge in [-0.1, -0.05) is 47.2 Å². The molecule has 0 aliphatic rings. The average molecular weight is 407 g/mol. The second kappa shape index (κ2) is 10.2. The van der Waals surface area contributed by atoms with E-state index in [2.05, 4.69) is 20.9 Å². The van der Waals surface area contributed by atoms with Crippen LogP contribution in [0.3, 0.4) is 0 Å². The standard InChI is InChI=1S/C22H25N5O3/c1-16-6-8-17(9-7-16)14-24-22(29)20-15-27(26-25-20)11-10-23-21(28)13-18-4-3-5-19(12-18)30-2/h3-9,12,15H,10-11,13-14H2,1-2H3,(H,23,28)(H,24,29). The first kappa shape index (κ1) is 21.0. The van der Waals surface area contributed by atoms with E-state index in [4.69, 9.17) is 4.74 Å². The Morgan fingerprint density at radius 1 is 1.07 bits per heavy atom. The third-order valence-corrected chi connectivity index (χ3v) is 4.51. The Hall–Kier alpha value is -3.68. The molecule has 0 aliphatic heterocycles. The van der Waals surface area contributed by atoms with Crippen LogP contribution >= 0.6 is 0 Å². The molecule has 0 aliphatic carbocycles. The largest absolute Gasteiger partial charge is 0.497 e. The van der Waals surface area contributed by atoms with Crippen molar-refractivity contribution in [2.24, 2.45) is 0 Å². The summed E-state index contributed by atoms with van der Waals surface area (Å²) in [6, 6.07) is 15.3. The fourth-order valence-corrected chi connectivity index (χ4v) is 2.83. The third-order valence-electron chi connectivity index (χ3n) is 4.51. The summed E-state index contributed by atoms with van der Waals surface area (Å²) in [5.41, 5.74) is 3.30. The molecule has 2 N–H and O–H groups in total. The van der Waals surface area contributed by atoms with Gasteiger partial charge < -0.3 is 15.4 Å². The first-order chi connectivity index (χ1) is 14.5. The molecule has 3 aromatic rings. The average Bonchev–Trinajstić information content (AvgIpc) is 3.22. The zero-order chi connectivity index (χ0) is 21.3. The predicted octanol–water partition coefficient (Wildman–Crippen LogP) is 1.88. The van der Waals surface area contributed by atoms with Gasteiger partial charge in [0.15, 0.2) is 5.69 Å². The summed E-state index contributed by atoms with van der Waals surface area (Å²) >= 11 is 0. The number of hydrogen-bond acceptors (Lipinski definition) is 5. The van der Waals surface area contributed by atoms with Crippen LogP contribution in [0.1, 0.15) is 27.2 Å². The molecule has 0 radical (unpaired) electrons. The Morgan fingerprint density at radius 2 is 1.87 bits per heavy atom. The monoisotopic (exact) mass is 407 g/mol. The zero-order valence-electron chi connectivity index (χ0n) is 17.1. The number of rotatable bonds is 9. The molecule has 2 amide bonds. The van der Waals surface area contributed by atoms with Crippen LogP contribution in [0.15, 0.2) is 54.7 Å². The number of nitrogens with zero attached hydrogens (tertiary/aromatic N) is 3. The summed E-state index contributed by atoms with van der Waals surface area (Å²) < 4.78 is 6.70. The summed E-state index contributed by atoms with van der Waals surface area (Å²) in [6.45, 7) is 3.24. The molecule has 1 aromatic heterocycles. The maximum atomic E-state index is 12.2. The molecule has 0 fully saturated rings. The van der Waals surface area contributed by atoms with E-state index in [1.54, 1.807) is 13.3 Å². The fraction of sp³-hybridized carbons (Fsp3) is 0.273. The molecule has 3 rings (SSSR count). The number of methoxy groups -OCH3 is 1. The fourth-order valence-electron chi connectivity index (χ4n) is 2.83. The minimum absolute atomic E-state index is 0.0977. The van der Waals surface area contributed by atoms with Crippen molar-refractivity contribution in [3.8, 4) is 5.75 Å². The number of carbonyl (C=O) groups excluding carboxylic acids is 2. The van der Waals surface area contributed by atoms with Gasteiger partial charge in [-0.15, -0.1) is 5.10 Å². The number of benzene rings is 2. The van der Waals surface area contributed by atoms with Gasteiger partial charge in [0.2, 0.25) is 5.91 Å². The van der Waals surface area contributed by atoms with E-state index in [-0.39, 0.29) is 23.9 Å². The van der Waals surface area contributed by atoms with E-state index < -0.39 is 0 Å². The van der Waals surface area contributed by atoms with Crippen molar-refractivity contribution >= 4 is 11.8 Å². The Balaban J connectivity index is 1.41. The van der Waals surface area contributed by atoms with Crippen molar-refractivity contribution in [3.63, 3.8) is 0 Å². The van der Waals surface area contributed by atoms with Crippen LogP contribution in [0, 0.1) is 6.92 Å². The van der Waals surface area contributed by atoms with Gasteiger partial charge in [-0.25, -0.2) is 4.68 Å². The van der Waals surface area contributed by atoms with Crippen molar-refractivity contribution < 1.29 is 14.3 Å². The number of aryl methyl sites for hydroxylation is 1. The first-order valence-electron chi connectivity index (χ1n) is 9.67. The number of amides is 2. The van der Waals surface area contributed by atoms with Crippen LogP contribution in [-0.4, -0.2) is 40.5 Å². The van der Waals surface area contributed by atoms with Crippen molar-refractivity contribution in [2.75, 3.05) is 13.7 Å². The van der Waals surface area contributed by atoms with Gasteiger partial charge in [0, 0.05) is 13.1 Å². The van der Waals surface area contributed by atoms with Gasteiger partial charge >= 0.3 is 0 Å². The normalized spacial score (nSPS) is 10.5. The highest BCUT2D eigenvalue weighted by molar-refractivity contribution is 5.91. The molecule has 0 atom stereocenters. The highest BCUT2D eigenvalue weighted by Crippen LogP contribution is 2.12. The minimum Gasteiger partial charge on any atom is -0.497 e. The Bertz CT molecular complexity index is 998. The summed E-state index contributed by atoms with van der Waals surface area (Å²) in [6.07, 6.45) is 1.83. The lowest BCUT2D eigenvalue weighted by molar-refractivity contribution is -0.120. The van der Waals surface area contributed by atoms with E-state index in [1.165, 1.54) is 10.2 Å². The Kier molecular flexibility index (Phi) is 7.15. The van der Waals surface area contributed by atoms with E-state index in [0.29, 0.717) is 19.6 Å². The Labute approximate surface area is 175 Å². The minimum atomic E-state index is -0.288. The number of hydrogen-bond donors (Lipinski definition) is 2. The second-order valence-corrected chi connectivity index (χ2v) is 6.91. The molecule has 8 nitrogen and oxygen atoms in total. The van der Waals surface area contributed by atoms with Gasteiger partial charge in [-0.3, -0.25) is 9.59 Å². The van der Waals surface area contributed by atoms with E-state index in [1.807, 2.05) is 55.5 Å². The number of ether oxygens (including phenoxy) is 1. The van der Waals surface area contributed by atoms with E-state index in [0.717, 1.165) is 16.9 Å². The summed E-state index contributed by atoms with van der Waals surface area (Å²) in [5.74, 6) is 0.333. The van der Waals surface area contributed by atoms with Crippen LogP contribution in [0.2, 0.25) is 0 Å². The molecule has 0 unspecified atom stereocenters. The highest BCUT2D eigenvalue weighted by atomic mass is 16.5. The van der Waals surface area contributed by atoms with Crippen LogP contribution in [0.4, 0.5) is 0 Å². The molecule has 0 saturated carbocycles. The van der Waals surface area contributed by atoms with Crippen molar-refractivity contribution in [1.29, 1.82) is 0 Å². The molecule has 2 aromatic carbocycles. The lowest BCUT2D eigenvalue weighted by Crippen LogP contribution is -2.28.